The average Bonchev–Trinajstić information content (AvgIpc) is 3.11. The number of guanidine groups is 1. The Hall–Kier alpha value is -1.15. The van der Waals surface area contributed by atoms with Crippen LogP contribution in [-0.2, 0) is 9.47 Å². The van der Waals surface area contributed by atoms with Gasteiger partial charge in [-0.2, -0.15) is 0 Å². The minimum Gasteiger partial charge on any atom is -0.379 e. The lowest BCUT2D eigenvalue weighted by atomic mass is 10.1. The molecule has 0 aromatic carbocycles. The van der Waals surface area contributed by atoms with E-state index in [-0.39, 0.29) is 12.1 Å². The van der Waals surface area contributed by atoms with E-state index in [1.54, 1.807) is 21.6 Å². The maximum absolute atomic E-state index is 6.27. The van der Waals surface area contributed by atoms with Gasteiger partial charge in [0.1, 0.15) is 0 Å². The first-order chi connectivity index (χ1) is 24.7. The van der Waals surface area contributed by atoms with E-state index in [0.29, 0.717) is 12.5 Å². The summed E-state index contributed by atoms with van der Waals surface area (Å²) in [4.78, 5) is 4.06. The fraction of sp³-hybridized carbons (Fsp3) is 0.791. The van der Waals surface area contributed by atoms with Crippen molar-refractivity contribution in [3.63, 3.8) is 0 Å². The second-order valence-electron chi connectivity index (χ2n) is 13.6. The summed E-state index contributed by atoms with van der Waals surface area (Å²) in [7, 11) is 3.42. The summed E-state index contributed by atoms with van der Waals surface area (Å²) in [6.45, 7) is 6.84. The van der Waals surface area contributed by atoms with Crippen molar-refractivity contribution in [3.05, 3.63) is 48.6 Å². The first-order valence-electron chi connectivity index (χ1n) is 20.8. The zero-order valence-electron chi connectivity index (χ0n) is 32.9. The fourth-order valence-electron chi connectivity index (χ4n) is 5.51. The van der Waals surface area contributed by atoms with E-state index >= 15 is 0 Å². The van der Waals surface area contributed by atoms with Gasteiger partial charge in [-0.3, -0.25) is 0 Å². The molecule has 0 spiro atoms. The minimum atomic E-state index is 0.118. The molecule has 5 nitrogen and oxygen atoms in total. The molecular formula is C43H81N3O2S2. The molecule has 0 saturated heterocycles. The third kappa shape index (κ3) is 43.0. The monoisotopic (exact) mass is 736 g/mol. The second kappa shape index (κ2) is 44.0. The molecule has 0 saturated carbocycles. The van der Waals surface area contributed by atoms with Gasteiger partial charge in [-0.25, -0.2) is 4.99 Å². The second-order valence-corrected chi connectivity index (χ2v) is 16.0. The topological polar surface area (TPSA) is 82.9 Å². The third-order valence-corrected chi connectivity index (χ3v) is 10.8. The molecule has 0 aliphatic heterocycles. The SMILES string of the molecule is CCCCC/C=C\C/C=C\CCCCCCCCCOCC(CSSCN=C(N)N)OCCCCCCCCC/C=C\C/C=C\CCCCC. The van der Waals surface area contributed by atoms with Crippen LogP contribution in [0.3, 0.4) is 0 Å². The predicted molar refractivity (Wildman–Crippen MR) is 229 cm³/mol. The Morgan fingerprint density at radius 2 is 0.940 bits per heavy atom. The summed E-state index contributed by atoms with van der Waals surface area (Å²) in [6.07, 6.45) is 52.0. The lowest BCUT2D eigenvalue weighted by Crippen LogP contribution is -2.23. The van der Waals surface area contributed by atoms with Gasteiger partial charge in [-0.1, -0.05) is 174 Å². The van der Waals surface area contributed by atoms with Crippen molar-refractivity contribution in [1.29, 1.82) is 0 Å². The van der Waals surface area contributed by atoms with Gasteiger partial charge in [-0.15, -0.1) is 0 Å². The Bertz CT molecular complexity index is 812. The van der Waals surface area contributed by atoms with Gasteiger partial charge in [0.05, 0.1) is 18.6 Å². The predicted octanol–water partition coefficient (Wildman–Crippen LogP) is 13.4. The number of hydrogen-bond acceptors (Lipinski definition) is 5. The molecule has 292 valence electrons. The molecule has 0 aliphatic rings. The van der Waals surface area contributed by atoms with Gasteiger partial charge >= 0.3 is 0 Å². The van der Waals surface area contributed by atoms with E-state index in [9.17, 15) is 0 Å². The van der Waals surface area contributed by atoms with E-state index in [2.05, 4.69) is 67.4 Å². The molecular weight excluding hydrogens is 655 g/mol. The highest BCUT2D eigenvalue weighted by Crippen LogP contribution is 2.23. The number of allylic oxidation sites excluding steroid dienone is 8. The number of nitrogens with zero attached hydrogens (tertiary/aromatic N) is 1. The Morgan fingerprint density at radius 3 is 1.40 bits per heavy atom. The van der Waals surface area contributed by atoms with Crippen molar-refractivity contribution in [3.8, 4) is 0 Å². The number of ether oxygens (including phenoxy) is 2. The van der Waals surface area contributed by atoms with E-state index in [4.69, 9.17) is 20.9 Å². The average molecular weight is 736 g/mol. The van der Waals surface area contributed by atoms with Crippen LogP contribution in [0.2, 0.25) is 0 Å². The number of unbranched alkanes of at least 4 members (excludes halogenated alkanes) is 20. The van der Waals surface area contributed by atoms with Crippen molar-refractivity contribution in [2.75, 3.05) is 31.5 Å². The van der Waals surface area contributed by atoms with Crippen LogP contribution in [0.15, 0.2) is 53.6 Å². The Balaban J connectivity index is 3.83. The molecule has 0 aromatic rings. The van der Waals surface area contributed by atoms with Gasteiger partial charge in [0.2, 0.25) is 0 Å². The number of hydrogen-bond donors (Lipinski definition) is 2. The molecule has 4 N–H and O–H groups in total. The first-order valence-corrected chi connectivity index (χ1v) is 23.3. The molecule has 0 fully saturated rings. The zero-order valence-corrected chi connectivity index (χ0v) is 34.5. The van der Waals surface area contributed by atoms with Crippen LogP contribution in [-0.4, -0.2) is 43.5 Å². The van der Waals surface area contributed by atoms with Gasteiger partial charge in [-0.05, 0) is 77.0 Å². The third-order valence-electron chi connectivity index (χ3n) is 8.63. The highest BCUT2D eigenvalue weighted by atomic mass is 33.1. The molecule has 1 unspecified atom stereocenters. The molecule has 0 heterocycles. The van der Waals surface area contributed by atoms with Gasteiger partial charge < -0.3 is 20.9 Å². The lowest BCUT2D eigenvalue weighted by molar-refractivity contribution is -0.00609. The minimum absolute atomic E-state index is 0.118. The molecule has 0 radical (unpaired) electrons. The summed E-state index contributed by atoms with van der Waals surface area (Å²) in [5.74, 6) is 1.60. The van der Waals surface area contributed by atoms with E-state index in [1.165, 1.54) is 141 Å². The quantitative estimate of drug-likeness (QED) is 0.0214. The number of nitrogens with two attached hydrogens (primary N) is 2. The Morgan fingerprint density at radius 1 is 0.520 bits per heavy atom. The van der Waals surface area contributed by atoms with Crippen molar-refractivity contribution in [2.24, 2.45) is 16.5 Å². The van der Waals surface area contributed by atoms with Crippen molar-refractivity contribution >= 4 is 27.5 Å². The molecule has 0 amide bonds. The zero-order chi connectivity index (χ0) is 36.3. The molecule has 0 rings (SSSR count). The molecule has 0 bridgehead atoms. The van der Waals surface area contributed by atoms with E-state index in [1.807, 2.05) is 0 Å². The Kier molecular flexibility index (Phi) is 43.0. The van der Waals surface area contributed by atoms with Crippen LogP contribution < -0.4 is 11.5 Å². The lowest BCUT2D eigenvalue weighted by Gasteiger charge is -2.17. The van der Waals surface area contributed by atoms with Crippen molar-refractivity contribution in [2.45, 2.75) is 187 Å². The van der Waals surface area contributed by atoms with Crippen LogP contribution in [0.25, 0.3) is 0 Å². The van der Waals surface area contributed by atoms with Gasteiger partial charge in [0.15, 0.2) is 5.96 Å². The number of aliphatic imine (C=N–C) groups is 1. The van der Waals surface area contributed by atoms with Gasteiger partial charge in [0, 0.05) is 19.0 Å². The van der Waals surface area contributed by atoms with E-state index in [0.717, 1.165) is 44.6 Å². The largest absolute Gasteiger partial charge is 0.379 e. The van der Waals surface area contributed by atoms with Crippen LogP contribution in [0.4, 0.5) is 0 Å². The van der Waals surface area contributed by atoms with Crippen LogP contribution in [0, 0.1) is 0 Å². The molecule has 50 heavy (non-hydrogen) atoms. The first kappa shape index (κ1) is 48.9. The molecule has 0 aromatic heterocycles. The summed E-state index contributed by atoms with van der Waals surface area (Å²) >= 11 is 0. The number of rotatable bonds is 40. The standard InChI is InChI=1S/C43H81N3O2S2/c1-3-5-7-9-11-13-15-17-19-21-23-25-27-29-31-33-35-37-47-39-42(40-49-50-41-46-43(44)45)48-38-36-34-32-30-28-26-24-22-20-18-16-14-12-10-8-6-4-2/h11-14,17-20,42H,3-10,15-16,21-41H2,1-2H3,(H4,44,45,46)/b13-11-,14-12-,19-17-,20-18-. The summed E-state index contributed by atoms with van der Waals surface area (Å²) in [5, 5.41) is 0. The van der Waals surface area contributed by atoms with E-state index < -0.39 is 0 Å². The van der Waals surface area contributed by atoms with Crippen LogP contribution >= 0.6 is 21.6 Å². The normalized spacial score (nSPS) is 12.8. The summed E-state index contributed by atoms with van der Waals surface area (Å²) < 4.78 is 12.3. The van der Waals surface area contributed by atoms with Crippen LogP contribution in [0.5, 0.6) is 0 Å². The van der Waals surface area contributed by atoms with Crippen molar-refractivity contribution in [1.82, 2.24) is 0 Å². The highest BCUT2D eigenvalue weighted by Gasteiger charge is 2.10. The maximum Gasteiger partial charge on any atom is 0.186 e. The van der Waals surface area contributed by atoms with Gasteiger partial charge in [0.25, 0.3) is 0 Å². The fourth-order valence-corrected chi connectivity index (χ4v) is 7.35. The summed E-state index contributed by atoms with van der Waals surface area (Å²) in [6, 6.07) is 0. The Labute approximate surface area is 319 Å². The summed E-state index contributed by atoms with van der Waals surface area (Å²) in [5.41, 5.74) is 10.9. The smallest absolute Gasteiger partial charge is 0.186 e. The van der Waals surface area contributed by atoms with Crippen molar-refractivity contribution < 1.29 is 9.47 Å². The molecule has 7 heteroatoms. The highest BCUT2D eigenvalue weighted by molar-refractivity contribution is 8.76. The molecule has 1 atom stereocenters. The maximum atomic E-state index is 6.27. The molecule has 0 aliphatic carbocycles. The van der Waals surface area contributed by atoms with Crippen LogP contribution in [0.1, 0.15) is 181 Å².